The van der Waals surface area contributed by atoms with Crippen LogP contribution in [0.2, 0.25) is 0 Å². The molecule has 18 heavy (non-hydrogen) atoms. The molecule has 0 aromatic heterocycles. The molecule has 0 aliphatic heterocycles. The molecule has 0 aliphatic rings. The summed E-state index contributed by atoms with van der Waals surface area (Å²) in [5.41, 5.74) is 1.05. The van der Waals surface area contributed by atoms with Crippen LogP contribution in [0.25, 0.3) is 0 Å². The number of aliphatic carboxylic acids is 1. The minimum Gasteiger partial charge on any atom is -0.496 e. The van der Waals surface area contributed by atoms with Gasteiger partial charge in [0, 0.05) is 23.1 Å². The number of halogens is 1. The highest BCUT2D eigenvalue weighted by molar-refractivity contribution is 9.10. The Kier molecular flexibility index (Phi) is 6.15. The standard InChI is InChI=1S/C13H18BrNO3/c1-3-15(7-6-13(16)17)9-10-8-11(14)4-5-12(10)18-2/h4-5,8H,3,6-7,9H2,1-2H3,(H,16,17). The highest BCUT2D eigenvalue weighted by Crippen LogP contribution is 2.24. The molecule has 0 amide bonds. The number of methoxy groups -OCH3 is 1. The molecule has 0 unspecified atom stereocenters. The molecule has 0 atom stereocenters. The van der Waals surface area contributed by atoms with Gasteiger partial charge < -0.3 is 9.84 Å². The zero-order valence-corrected chi connectivity index (χ0v) is 12.2. The maximum Gasteiger partial charge on any atom is 0.304 e. The van der Waals surface area contributed by atoms with Crippen LogP contribution in [0.1, 0.15) is 18.9 Å². The minimum absolute atomic E-state index is 0.157. The number of ether oxygens (including phenoxy) is 1. The third kappa shape index (κ3) is 4.66. The van der Waals surface area contributed by atoms with E-state index in [0.717, 1.165) is 22.3 Å². The lowest BCUT2D eigenvalue weighted by atomic mass is 10.2. The van der Waals surface area contributed by atoms with Gasteiger partial charge in [0.2, 0.25) is 0 Å². The van der Waals surface area contributed by atoms with Gasteiger partial charge in [-0.25, -0.2) is 0 Å². The Bertz CT molecular complexity index is 409. The lowest BCUT2D eigenvalue weighted by Crippen LogP contribution is -2.25. The van der Waals surface area contributed by atoms with Crippen molar-refractivity contribution in [3.8, 4) is 5.75 Å². The Morgan fingerprint density at radius 2 is 2.22 bits per heavy atom. The van der Waals surface area contributed by atoms with Gasteiger partial charge in [-0.1, -0.05) is 22.9 Å². The summed E-state index contributed by atoms with van der Waals surface area (Å²) in [6.07, 6.45) is 0.157. The molecule has 4 nitrogen and oxygen atoms in total. The van der Waals surface area contributed by atoms with E-state index in [1.807, 2.05) is 25.1 Å². The molecule has 0 saturated carbocycles. The van der Waals surface area contributed by atoms with Crippen molar-refractivity contribution in [1.29, 1.82) is 0 Å². The summed E-state index contributed by atoms with van der Waals surface area (Å²) in [6.45, 7) is 4.06. The smallest absolute Gasteiger partial charge is 0.304 e. The van der Waals surface area contributed by atoms with E-state index in [1.165, 1.54) is 0 Å². The lowest BCUT2D eigenvalue weighted by Gasteiger charge is -2.21. The summed E-state index contributed by atoms with van der Waals surface area (Å²) in [4.78, 5) is 12.7. The van der Waals surface area contributed by atoms with Crippen LogP contribution < -0.4 is 4.74 Å². The fraction of sp³-hybridized carbons (Fsp3) is 0.462. The highest BCUT2D eigenvalue weighted by Gasteiger charge is 2.10. The molecule has 0 fully saturated rings. The number of benzene rings is 1. The van der Waals surface area contributed by atoms with Gasteiger partial charge in [0.25, 0.3) is 0 Å². The number of rotatable bonds is 7. The van der Waals surface area contributed by atoms with Gasteiger partial charge in [0.05, 0.1) is 13.5 Å². The molecule has 0 bridgehead atoms. The first-order chi connectivity index (χ1) is 8.56. The Morgan fingerprint density at radius 1 is 1.50 bits per heavy atom. The topological polar surface area (TPSA) is 49.8 Å². The van der Waals surface area contributed by atoms with E-state index in [9.17, 15) is 4.79 Å². The number of carboxylic acids is 1. The number of carbonyl (C=O) groups is 1. The van der Waals surface area contributed by atoms with Gasteiger partial charge in [-0.2, -0.15) is 0 Å². The first kappa shape index (κ1) is 15.0. The van der Waals surface area contributed by atoms with Gasteiger partial charge in [0.15, 0.2) is 0 Å². The lowest BCUT2D eigenvalue weighted by molar-refractivity contribution is -0.137. The third-order valence-corrected chi connectivity index (χ3v) is 3.22. The molecule has 1 aromatic carbocycles. The summed E-state index contributed by atoms with van der Waals surface area (Å²) in [6, 6.07) is 5.84. The van der Waals surface area contributed by atoms with Crippen LogP contribution in [0.5, 0.6) is 5.75 Å². The predicted octanol–water partition coefficient (Wildman–Crippen LogP) is 2.75. The number of carboxylic acid groups (broad SMARTS) is 1. The zero-order chi connectivity index (χ0) is 13.5. The van der Waals surface area contributed by atoms with Crippen molar-refractivity contribution in [2.75, 3.05) is 20.2 Å². The van der Waals surface area contributed by atoms with Crippen LogP contribution in [0.4, 0.5) is 0 Å². The van der Waals surface area contributed by atoms with Crippen LogP contribution in [0, 0.1) is 0 Å². The van der Waals surface area contributed by atoms with Crippen molar-refractivity contribution in [2.24, 2.45) is 0 Å². The van der Waals surface area contributed by atoms with Crippen LogP contribution in [0.3, 0.4) is 0 Å². The van der Waals surface area contributed by atoms with Gasteiger partial charge in [-0.3, -0.25) is 9.69 Å². The van der Waals surface area contributed by atoms with Gasteiger partial charge in [-0.15, -0.1) is 0 Å². The average Bonchev–Trinajstić information content (AvgIpc) is 2.34. The largest absolute Gasteiger partial charge is 0.496 e. The normalized spacial score (nSPS) is 10.7. The summed E-state index contributed by atoms with van der Waals surface area (Å²) in [5.74, 6) is 0.0571. The summed E-state index contributed by atoms with van der Waals surface area (Å²) in [5, 5.41) is 8.71. The predicted molar refractivity (Wildman–Crippen MR) is 73.9 cm³/mol. The molecule has 1 aromatic rings. The van der Waals surface area contributed by atoms with Crippen LogP contribution >= 0.6 is 15.9 Å². The average molecular weight is 316 g/mol. The Morgan fingerprint density at radius 3 is 2.78 bits per heavy atom. The van der Waals surface area contributed by atoms with Crippen molar-refractivity contribution in [3.05, 3.63) is 28.2 Å². The van der Waals surface area contributed by atoms with E-state index >= 15 is 0 Å². The fourth-order valence-corrected chi connectivity index (χ4v) is 2.12. The molecule has 100 valence electrons. The van der Waals surface area contributed by atoms with Crippen LogP contribution in [-0.4, -0.2) is 36.2 Å². The van der Waals surface area contributed by atoms with Gasteiger partial charge >= 0.3 is 5.97 Å². The quantitative estimate of drug-likeness (QED) is 0.840. The van der Waals surface area contributed by atoms with Gasteiger partial charge in [-0.05, 0) is 24.7 Å². The van der Waals surface area contributed by atoms with Crippen LogP contribution in [0.15, 0.2) is 22.7 Å². The second-order valence-electron chi connectivity index (χ2n) is 3.97. The number of hydrogen-bond donors (Lipinski definition) is 1. The molecular formula is C13H18BrNO3. The zero-order valence-electron chi connectivity index (χ0n) is 10.6. The van der Waals surface area contributed by atoms with Crippen molar-refractivity contribution in [3.63, 3.8) is 0 Å². The van der Waals surface area contributed by atoms with Crippen molar-refractivity contribution >= 4 is 21.9 Å². The highest BCUT2D eigenvalue weighted by atomic mass is 79.9. The Hall–Kier alpha value is -1.07. The molecule has 0 aliphatic carbocycles. The van der Waals surface area contributed by atoms with E-state index in [2.05, 4.69) is 20.8 Å². The Labute approximate surface area is 116 Å². The second kappa shape index (κ2) is 7.38. The molecular weight excluding hydrogens is 298 g/mol. The molecule has 1 N–H and O–H groups in total. The van der Waals surface area contributed by atoms with Crippen molar-refractivity contribution in [1.82, 2.24) is 4.90 Å². The Balaban J connectivity index is 2.74. The SMILES string of the molecule is CCN(CCC(=O)O)Cc1cc(Br)ccc1OC. The van der Waals surface area contributed by atoms with Gasteiger partial charge in [0.1, 0.15) is 5.75 Å². The third-order valence-electron chi connectivity index (χ3n) is 2.73. The monoisotopic (exact) mass is 315 g/mol. The first-order valence-electron chi connectivity index (χ1n) is 5.83. The molecule has 5 heteroatoms. The first-order valence-corrected chi connectivity index (χ1v) is 6.62. The fourth-order valence-electron chi connectivity index (χ4n) is 1.71. The summed E-state index contributed by atoms with van der Waals surface area (Å²) >= 11 is 3.43. The maximum absolute atomic E-state index is 10.6. The molecule has 0 heterocycles. The van der Waals surface area contributed by atoms with E-state index in [0.29, 0.717) is 13.1 Å². The molecule has 0 radical (unpaired) electrons. The minimum atomic E-state index is -0.769. The van der Waals surface area contributed by atoms with E-state index < -0.39 is 5.97 Å². The number of nitrogens with zero attached hydrogens (tertiary/aromatic N) is 1. The molecule has 0 spiro atoms. The molecule has 0 saturated heterocycles. The van der Waals surface area contributed by atoms with E-state index in [-0.39, 0.29) is 6.42 Å². The maximum atomic E-state index is 10.6. The number of hydrogen-bond acceptors (Lipinski definition) is 3. The van der Waals surface area contributed by atoms with Crippen molar-refractivity contribution in [2.45, 2.75) is 19.9 Å². The van der Waals surface area contributed by atoms with Crippen molar-refractivity contribution < 1.29 is 14.6 Å². The van der Waals surface area contributed by atoms with E-state index in [1.54, 1.807) is 7.11 Å². The summed E-state index contributed by atoms with van der Waals surface area (Å²) in [7, 11) is 1.64. The van der Waals surface area contributed by atoms with Crippen LogP contribution in [-0.2, 0) is 11.3 Å². The molecule has 1 rings (SSSR count). The van der Waals surface area contributed by atoms with E-state index in [4.69, 9.17) is 9.84 Å². The summed E-state index contributed by atoms with van der Waals surface area (Å²) < 4.78 is 6.30. The second-order valence-corrected chi connectivity index (χ2v) is 4.88.